The molecule has 4 aromatic rings. The molecule has 35 heavy (non-hydrogen) atoms. The van der Waals surface area contributed by atoms with Gasteiger partial charge in [0.15, 0.2) is 11.6 Å². The molecule has 2 fully saturated rings. The van der Waals surface area contributed by atoms with E-state index in [9.17, 15) is 4.79 Å². The SMILES string of the molecule is CCN1CCC1.COc1cnn(C)c1-c1ccn2nc(NC(=O)C3CC3)cc2c1.c1ccncc1. The molecule has 1 N–H and O–H groups in total. The highest BCUT2D eigenvalue weighted by Crippen LogP contribution is 2.31. The normalized spacial score (nSPS) is 14.7. The van der Waals surface area contributed by atoms with E-state index in [1.54, 1.807) is 34.9 Å². The average Bonchev–Trinajstić information content (AvgIpc) is 3.53. The van der Waals surface area contributed by atoms with E-state index in [0.29, 0.717) is 5.82 Å². The number of methoxy groups -OCH3 is 1. The van der Waals surface area contributed by atoms with Crippen molar-refractivity contribution in [3.8, 4) is 17.0 Å². The molecule has 184 valence electrons. The first-order valence-corrected chi connectivity index (χ1v) is 12.0. The summed E-state index contributed by atoms with van der Waals surface area (Å²) in [6.45, 7) is 6.14. The van der Waals surface area contributed by atoms with Gasteiger partial charge in [0.1, 0.15) is 5.69 Å². The van der Waals surface area contributed by atoms with E-state index in [1.807, 2.05) is 49.6 Å². The quantitative estimate of drug-likeness (QED) is 0.471. The predicted octanol–water partition coefficient (Wildman–Crippen LogP) is 3.89. The van der Waals surface area contributed by atoms with Gasteiger partial charge in [0.2, 0.25) is 5.91 Å². The fourth-order valence-corrected chi connectivity index (χ4v) is 3.68. The molecule has 1 amide bonds. The van der Waals surface area contributed by atoms with Gasteiger partial charge in [0, 0.05) is 43.2 Å². The van der Waals surface area contributed by atoms with E-state index in [0.717, 1.165) is 35.4 Å². The Morgan fingerprint density at radius 3 is 2.46 bits per heavy atom. The molecule has 1 aliphatic heterocycles. The Morgan fingerprint density at radius 1 is 1.17 bits per heavy atom. The number of rotatable bonds is 5. The van der Waals surface area contributed by atoms with Gasteiger partial charge in [-0.3, -0.25) is 14.5 Å². The van der Waals surface area contributed by atoms with Crippen molar-refractivity contribution in [3.63, 3.8) is 0 Å². The summed E-state index contributed by atoms with van der Waals surface area (Å²) in [5.74, 6) is 1.52. The number of ether oxygens (including phenoxy) is 1. The molecule has 9 nitrogen and oxygen atoms in total. The summed E-state index contributed by atoms with van der Waals surface area (Å²) >= 11 is 0. The van der Waals surface area contributed by atoms with Gasteiger partial charge in [-0.05, 0) is 63.2 Å². The van der Waals surface area contributed by atoms with E-state index in [2.05, 4.69) is 32.3 Å². The highest BCUT2D eigenvalue weighted by Gasteiger charge is 2.30. The van der Waals surface area contributed by atoms with E-state index in [4.69, 9.17) is 4.74 Å². The van der Waals surface area contributed by atoms with Gasteiger partial charge in [-0.15, -0.1) is 0 Å². The fourth-order valence-electron chi connectivity index (χ4n) is 3.68. The van der Waals surface area contributed by atoms with E-state index < -0.39 is 0 Å². The number of amides is 1. The number of hydrogen-bond donors (Lipinski definition) is 1. The van der Waals surface area contributed by atoms with Gasteiger partial charge in [0.25, 0.3) is 0 Å². The monoisotopic (exact) mass is 475 g/mol. The summed E-state index contributed by atoms with van der Waals surface area (Å²) in [6, 6.07) is 11.5. The van der Waals surface area contributed by atoms with Crippen molar-refractivity contribution in [1.82, 2.24) is 29.3 Å². The minimum Gasteiger partial charge on any atom is -0.493 e. The van der Waals surface area contributed by atoms with Crippen LogP contribution >= 0.6 is 0 Å². The van der Waals surface area contributed by atoms with Crippen LogP contribution in [0.15, 0.2) is 61.2 Å². The second-order valence-electron chi connectivity index (χ2n) is 8.58. The number of anilines is 1. The Labute approximate surface area is 205 Å². The van der Waals surface area contributed by atoms with Crippen LogP contribution in [0.4, 0.5) is 5.82 Å². The summed E-state index contributed by atoms with van der Waals surface area (Å²) in [6.07, 6.45) is 10.4. The first-order chi connectivity index (χ1) is 17.1. The van der Waals surface area contributed by atoms with E-state index in [-0.39, 0.29) is 11.8 Å². The third-order valence-corrected chi connectivity index (χ3v) is 6.02. The van der Waals surface area contributed by atoms with Crippen molar-refractivity contribution < 1.29 is 9.53 Å². The lowest BCUT2D eigenvalue weighted by Gasteiger charge is -2.28. The molecule has 0 radical (unpaired) electrons. The van der Waals surface area contributed by atoms with Gasteiger partial charge in [-0.25, -0.2) is 4.52 Å². The Balaban J connectivity index is 0.000000196. The fraction of sp³-hybridized carbons (Fsp3) is 0.385. The second-order valence-corrected chi connectivity index (χ2v) is 8.58. The third kappa shape index (κ3) is 6.45. The molecule has 4 aromatic heterocycles. The summed E-state index contributed by atoms with van der Waals surface area (Å²) in [5, 5.41) is 11.5. The lowest BCUT2D eigenvalue weighted by atomic mass is 10.1. The van der Waals surface area contributed by atoms with Gasteiger partial charge >= 0.3 is 0 Å². The molecule has 1 saturated carbocycles. The molecule has 2 aliphatic rings. The maximum atomic E-state index is 11.8. The third-order valence-electron chi connectivity index (χ3n) is 6.02. The largest absolute Gasteiger partial charge is 0.493 e. The van der Waals surface area contributed by atoms with Crippen LogP contribution in [0.5, 0.6) is 5.75 Å². The van der Waals surface area contributed by atoms with Crippen LogP contribution in [0.25, 0.3) is 16.8 Å². The number of aryl methyl sites for hydroxylation is 1. The van der Waals surface area contributed by atoms with Crippen molar-refractivity contribution in [1.29, 1.82) is 0 Å². The Kier molecular flexibility index (Phi) is 8.10. The summed E-state index contributed by atoms with van der Waals surface area (Å²) in [5.41, 5.74) is 2.78. The zero-order valence-corrected chi connectivity index (χ0v) is 20.6. The molecule has 9 heteroatoms. The molecule has 0 unspecified atom stereocenters. The number of nitrogens with one attached hydrogen (secondary N) is 1. The standard InChI is InChI=1S/C16H17N5O2.C5H11N.C5H5N/c1-20-15(13(23-2)9-17-20)11-5-6-21-12(7-11)8-14(19-21)18-16(22)10-3-4-10;1-2-6-4-3-5-6;1-2-4-6-5-3-1/h5-10H,3-4H2,1-2H3,(H,18,19,22);2-5H2,1H3;1-5H. The molecule has 1 saturated heterocycles. The van der Waals surface area contributed by atoms with Crippen molar-refractivity contribution >= 4 is 17.2 Å². The van der Waals surface area contributed by atoms with E-state index >= 15 is 0 Å². The molecular formula is C26H33N7O2. The van der Waals surface area contributed by atoms with Crippen molar-refractivity contribution in [2.24, 2.45) is 13.0 Å². The zero-order chi connectivity index (χ0) is 24.6. The van der Waals surface area contributed by atoms with Crippen molar-refractivity contribution in [3.05, 3.63) is 61.2 Å². The van der Waals surface area contributed by atoms with Crippen LogP contribution in [0, 0.1) is 5.92 Å². The van der Waals surface area contributed by atoms with Crippen LogP contribution < -0.4 is 10.1 Å². The van der Waals surface area contributed by atoms with Crippen LogP contribution in [0.3, 0.4) is 0 Å². The summed E-state index contributed by atoms with van der Waals surface area (Å²) < 4.78 is 8.88. The Hall–Kier alpha value is -3.72. The molecule has 5 heterocycles. The number of likely N-dealkylation sites (tertiary alicyclic amines) is 1. The topological polar surface area (TPSA) is 89.6 Å². The smallest absolute Gasteiger partial charge is 0.228 e. The highest BCUT2D eigenvalue weighted by molar-refractivity contribution is 5.93. The van der Waals surface area contributed by atoms with Gasteiger partial charge in [-0.1, -0.05) is 13.0 Å². The van der Waals surface area contributed by atoms with Gasteiger partial charge in [-0.2, -0.15) is 10.2 Å². The van der Waals surface area contributed by atoms with E-state index in [1.165, 1.54) is 26.1 Å². The van der Waals surface area contributed by atoms with Crippen LogP contribution in [0.1, 0.15) is 26.2 Å². The zero-order valence-electron chi connectivity index (χ0n) is 20.6. The van der Waals surface area contributed by atoms with Crippen LogP contribution in [-0.2, 0) is 11.8 Å². The molecule has 0 bridgehead atoms. The lowest BCUT2D eigenvalue weighted by Crippen LogP contribution is -2.36. The molecule has 1 aliphatic carbocycles. The number of fused-ring (bicyclic) bond motifs is 1. The highest BCUT2D eigenvalue weighted by atomic mass is 16.5. The first kappa shape index (κ1) is 24.4. The summed E-state index contributed by atoms with van der Waals surface area (Å²) in [7, 11) is 3.50. The van der Waals surface area contributed by atoms with Crippen LogP contribution in [-0.4, -0.2) is 61.9 Å². The molecule has 0 spiro atoms. The first-order valence-electron chi connectivity index (χ1n) is 12.0. The van der Waals surface area contributed by atoms with Crippen LogP contribution in [0.2, 0.25) is 0 Å². The minimum absolute atomic E-state index is 0.0573. The number of pyridine rings is 2. The molecule has 0 aromatic carbocycles. The molecule has 6 rings (SSSR count). The number of nitrogens with zero attached hydrogens (tertiary/aromatic N) is 6. The average molecular weight is 476 g/mol. The lowest BCUT2D eigenvalue weighted by molar-refractivity contribution is -0.117. The Morgan fingerprint density at radius 2 is 1.94 bits per heavy atom. The molecular weight excluding hydrogens is 442 g/mol. The molecule has 0 atom stereocenters. The maximum absolute atomic E-state index is 11.8. The predicted molar refractivity (Wildman–Crippen MR) is 136 cm³/mol. The Bertz CT molecular complexity index is 1200. The number of hydrogen-bond acceptors (Lipinski definition) is 6. The number of carbonyl (C=O) groups is 1. The number of aromatic nitrogens is 5. The maximum Gasteiger partial charge on any atom is 0.228 e. The number of carbonyl (C=O) groups excluding carboxylic acids is 1. The van der Waals surface area contributed by atoms with Gasteiger partial charge < -0.3 is 15.0 Å². The summed E-state index contributed by atoms with van der Waals surface area (Å²) in [4.78, 5) is 18.1. The van der Waals surface area contributed by atoms with Crippen molar-refractivity contribution in [2.75, 3.05) is 32.1 Å². The van der Waals surface area contributed by atoms with Gasteiger partial charge in [0.05, 0.1) is 18.8 Å². The van der Waals surface area contributed by atoms with Crippen molar-refractivity contribution in [2.45, 2.75) is 26.2 Å². The minimum atomic E-state index is 0.0573. The second kappa shape index (κ2) is 11.6.